The SMILES string of the molecule is CC(C)(C)CO[PH](=O)O[PH](=O)Oc1ccccc1. The molecule has 1 aromatic rings. The molecule has 0 spiro atoms. The molecule has 102 valence electrons. The summed E-state index contributed by atoms with van der Waals surface area (Å²) < 4.78 is 37.5. The third-order valence-electron chi connectivity index (χ3n) is 1.73. The van der Waals surface area contributed by atoms with E-state index in [4.69, 9.17) is 13.4 Å². The molecule has 18 heavy (non-hydrogen) atoms. The van der Waals surface area contributed by atoms with Gasteiger partial charge in [0.15, 0.2) is 0 Å². The monoisotopic (exact) mass is 292 g/mol. The van der Waals surface area contributed by atoms with Crippen LogP contribution in [0.1, 0.15) is 20.8 Å². The van der Waals surface area contributed by atoms with E-state index in [9.17, 15) is 9.13 Å². The molecule has 0 N–H and O–H groups in total. The van der Waals surface area contributed by atoms with Crippen molar-refractivity contribution in [1.29, 1.82) is 0 Å². The Morgan fingerprint density at radius 3 is 2.22 bits per heavy atom. The van der Waals surface area contributed by atoms with Crippen molar-refractivity contribution < 1.29 is 22.5 Å². The molecular weight excluding hydrogens is 274 g/mol. The van der Waals surface area contributed by atoms with Gasteiger partial charge in [-0.15, -0.1) is 0 Å². The van der Waals surface area contributed by atoms with Gasteiger partial charge in [0.05, 0.1) is 6.61 Å². The van der Waals surface area contributed by atoms with Gasteiger partial charge in [-0.2, -0.15) is 0 Å². The fourth-order valence-electron chi connectivity index (χ4n) is 0.979. The van der Waals surface area contributed by atoms with Crippen LogP contribution in [0.5, 0.6) is 5.75 Å². The minimum atomic E-state index is -2.85. The summed E-state index contributed by atoms with van der Waals surface area (Å²) in [5, 5.41) is 0. The van der Waals surface area contributed by atoms with Gasteiger partial charge in [-0.3, -0.25) is 4.57 Å². The number of hydrogen-bond donors (Lipinski definition) is 0. The van der Waals surface area contributed by atoms with E-state index in [0.717, 1.165) is 0 Å². The van der Waals surface area contributed by atoms with Crippen LogP contribution in [0.3, 0.4) is 0 Å². The lowest BCUT2D eigenvalue weighted by Crippen LogP contribution is -2.11. The van der Waals surface area contributed by atoms with Crippen LogP contribution < -0.4 is 4.52 Å². The third kappa shape index (κ3) is 6.97. The Hall–Kier alpha value is -0.600. The molecule has 0 radical (unpaired) electrons. The van der Waals surface area contributed by atoms with Crippen LogP contribution in [-0.4, -0.2) is 6.61 Å². The summed E-state index contributed by atoms with van der Waals surface area (Å²) in [6, 6.07) is 8.56. The van der Waals surface area contributed by atoms with E-state index < -0.39 is 16.5 Å². The first-order valence-corrected chi connectivity index (χ1v) is 7.93. The van der Waals surface area contributed by atoms with Crippen molar-refractivity contribution in [3.05, 3.63) is 30.3 Å². The number of hydrogen-bond acceptors (Lipinski definition) is 5. The van der Waals surface area contributed by atoms with E-state index >= 15 is 0 Å². The Labute approximate surface area is 108 Å². The van der Waals surface area contributed by atoms with Crippen molar-refractivity contribution in [2.75, 3.05) is 6.61 Å². The smallest absolute Gasteiger partial charge is 0.374 e. The molecule has 0 aliphatic carbocycles. The fraction of sp³-hybridized carbons (Fsp3) is 0.455. The molecular formula is C11H18O5P2. The molecule has 0 saturated heterocycles. The summed E-state index contributed by atoms with van der Waals surface area (Å²) in [7, 11) is -5.63. The van der Waals surface area contributed by atoms with Gasteiger partial charge in [-0.1, -0.05) is 39.0 Å². The number of para-hydroxylation sites is 1. The topological polar surface area (TPSA) is 61.8 Å². The molecule has 2 unspecified atom stereocenters. The van der Waals surface area contributed by atoms with E-state index in [0.29, 0.717) is 5.75 Å². The number of benzene rings is 1. The Balaban J connectivity index is 2.34. The maximum Gasteiger partial charge on any atom is 0.374 e. The Kier molecular flexibility index (Phi) is 6.10. The van der Waals surface area contributed by atoms with Crippen LogP contribution in [0.2, 0.25) is 0 Å². The highest BCUT2D eigenvalue weighted by Gasteiger charge is 2.14. The Morgan fingerprint density at radius 1 is 1.06 bits per heavy atom. The maximum absolute atomic E-state index is 11.4. The maximum atomic E-state index is 11.4. The largest absolute Gasteiger partial charge is 0.426 e. The van der Waals surface area contributed by atoms with E-state index in [2.05, 4.69) is 0 Å². The summed E-state index contributed by atoms with van der Waals surface area (Å²) in [6.07, 6.45) is 0. The highest BCUT2D eigenvalue weighted by molar-refractivity contribution is 7.47. The second-order valence-electron chi connectivity index (χ2n) is 4.87. The molecule has 2 atom stereocenters. The van der Waals surface area contributed by atoms with E-state index in [1.54, 1.807) is 30.3 Å². The molecule has 1 aromatic carbocycles. The Bertz CT molecular complexity index is 413. The average Bonchev–Trinajstić information content (AvgIpc) is 2.26. The van der Waals surface area contributed by atoms with Gasteiger partial charge in [0, 0.05) is 0 Å². The minimum absolute atomic E-state index is 0.125. The van der Waals surface area contributed by atoms with Crippen LogP contribution in [0, 0.1) is 5.41 Å². The third-order valence-corrected chi connectivity index (χ3v) is 3.85. The van der Waals surface area contributed by atoms with E-state index in [1.165, 1.54) is 0 Å². The zero-order valence-corrected chi connectivity index (χ0v) is 12.6. The van der Waals surface area contributed by atoms with Gasteiger partial charge in [-0.25, -0.2) is 8.88 Å². The average molecular weight is 292 g/mol. The molecule has 0 aromatic heterocycles. The zero-order valence-electron chi connectivity index (χ0n) is 10.6. The highest BCUT2D eigenvalue weighted by Crippen LogP contribution is 2.41. The van der Waals surface area contributed by atoms with E-state index in [1.807, 2.05) is 20.8 Å². The van der Waals surface area contributed by atoms with Gasteiger partial charge >= 0.3 is 16.5 Å². The molecule has 0 aliphatic heterocycles. The van der Waals surface area contributed by atoms with Gasteiger partial charge < -0.3 is 9.05 Å². The van der Waals surface area contributed by atoms with Crippen molar-refractivity contribution >= 4 is 16.5 Å². The summed E-state index contributed by atoms with van der Waals surface area (Å²) in [5.41, 5.74) is -0.125. The van der Waals surface area contributed by atoms with Crippen molar-refractivity contribution in [1.82, 2.24) is 0 Å². The summed E-state index contributed by atoms with van der Waals surface area (Å²) in [4.78, 5) is 0. The molecule has 7 heteroatoms. The highest BCUT2D eigenvalue weighted by atomic mass is 31.2. The molecule has 0 saturated carbocycles. The predicted octanol–water partition coefficient (Wildman–Crippen LogP) is 3.92. The predicted molar refractivity (Wildman–Crippen MR) is 71.6 cm³/mol. The lowest BCUT2D eigenvalue weighted by molar-refractivity contribution is 0.188. The fourth-order valence-corrected chi connectivity index (χ4v) is 2.80. The zero-order chi connectivity index (χ0) is 13.6. The van der Waals surface area contributed by atoms with Crippen molar-refractivity contribution in [2.45, 2.75) is 20.8 Å². The summed E-state index contributed by atoms with van der Waals surface area (Å²) >= 11 is 0. The van der Waals surface area contributed by atoms with Crippen LogP contribution in [-0.2, 0) is 18.0 Å². The van der Waals surface area contributed by atoms with Crippen molar-refractivity contribution in [3.63, 3.8) is 0 Å². The second-order valence-corrected chi connectivity index (χ2v) is 7.18. The quantitative estimate of drug-likeness (QED) is 0.743. The molecule has 0 aliphatic rings. The second kappa shape index (κ2) is 7.10. The van der Waals surface area contributed by atoms with Gasteiger partial charge in [-0.05, 0) is 17.5 Å². The van der Waals surface area contributed by atoms with Gasteiger partial charge in [0.2, 0.25) is 0 Å². The molecule has 0 amide bonds. The van der Waals surface area contributed by atoms with Crippen molar-refractivity contribution in [3.8, 4) is 5.75 Å². The van der Waals surface area contributed by atoms with Crippen LogP contribution >= 0.6 is 16.5 Å². The first kappa shape index (κ1) is 15.5. The van der Waals surface area contributed by atoms with Crippen molar-refractivity contribution in [2.24, 2.45) is 5.41 Å². The molecule has 1 rings (SSSR count). The first-order chi connectivity index (χ1) is 8.37. The standard InChI is InChI=1S/C11H18O5P2/c1-11(2,3)9-14-17(12)16-18(13)15-10-7-5-4-6-8-10/h4-8,17-18H,9H2,1-3H3. The van der Waals surface area contributed by atoms with E-state index in [-0.39, 0.29) is 12.0 Å². The molecule has 0 heterocycles. The summed E-state index contributed by atoms with van der Waals surface area (Å²) in [6.45, 7) is 6.08. The van der Waals surface area contributed by atoms with Gasteiger partial charge in [0.25, 0.3) is 0 Å². The van der Waals surface area contributed by atoms with Crippen LogP contribution in [0.4, 0.5) is 0 Å². The normalized spacial score (nSPS) is 15.1. The number of rotatable bonds is 6. The van der Waals surface area contributed by atoms with Crippen LogP contribution in [0.15, 0.2) is 30.3 Å². The molecule has 0 fully saturated rings. The lowest BCUT2D eigenvalue weighted by Gasteiger charge is -2.17. The molecule has 5 nitrogen and oxygen atoms in total. The summed E-state index contributed by atoms with van der Waals surface area (Å²) in [5.74, 6) is 0.409. The Morgan fingerprint density at radius 2 is 1.67 bits per heavy atom. The minimum Gasteiger partial charge on any atom is -0.426 e. The first-order valence-electron chi connectivity index (χ1n) is 5.48. The molecule has 0 bridgehead atoms. The van der Waals surface area contributed by atoms with Gasteiger partial charge in [0.1, 0.15) is 5.75 Å². The van der Waals surface area contributed by atoms with Crippen LogP contribution in [0.25, 0.3) is 0 Å². The lowest BCUT2D eigenvalue weighted by atomic mass is 9.99.